The van der Waals surface area contributed by atoms with E-state index < -0.39 is 0 Å². The maximum absolute atomic E-state index is 11.8. The van der Waals surface area contributed by atoms with Crippen molar-refractivity contribution in [2.24, 2.45) is 11.7 Å². The molecule has 2 N–H and O–H groups in total. The highest BCUT2D eigenvalue weighted by atomic mass is 16.5. The fraction of sp³-hybridized carbons (Fsp3) is 0.909. The van der Waals surface area contributed by atoms with E-state index in [2.05, 4.69) is 0 Å². The summed E-state index contributed by atoms with van der Waals surface area (Å²) < 4.78 is 5.28. The highest BCUT2D eigenvalue weighted by Gasteiger charge is 2.23. The van der Waals surface area contributed by atoms with Gasteiger partial charge in [-0.05, 0) is 25.3 Å². The van der Waals surface area contributed by atoms with Crippen molar-refractivity contribution in [1.29, 1.82) is 0 Å². The van der Waals surface area contributed by atoms with Gasteiger partial charge < -0.3 is 15.4 Å². The van der Waals surface area contributed by atoms with Crippen molar-refractivity contribution in [3.05, 3.63) is 0 Å². The first kappa shape index (κ1) is 12.5. The van der Waals surface area contributed by atoms with Gasteiger partial charge in [0.05, 0.1) is 6.10 Å². The fourth-order valence-corrected chi connectivity index (χ4v) is 1.87. The van der Waals surface area contributed by atoms with Crippen molar-refractivity contribution >= 4 is 5.91 Å². The number of methoxy groups -OCH3 is 1. The lowest BCUT2D eigenvalue weighted by molar-refractivity contribution is -0.135. The van der Waals surface area contributed by atoms with Crippen LogP contribution in [-0.4, -0.2) is 43.7 Å². The number of nitrogens with two attached hydrogens (primary N) is 1. The molecule has 4 heteroatoms. The maximum atomic E-state index is 11.8. The molecule has 1 heterocycles. The number of piperidine rings is 1. The maximum Gasteiger partial charge on any atom is 0.222 e. The van der Waals surface area contributed by atoms with Crippen LogP contribution in [0.5, 0.6) is 0 Å². The van der Waals surface area contributed by atoms with Crippen LogP contribution < -0.4 is 5.73 Å². The molecule has 0 spiro atoms. The summed E-state index contributed by atoms with van der Waals surface area (Å²) in [5.74, 6) is 0.495. The van der Waals surface area contributed by atoms with E-state index in [1.807, 2.05) is 11.8 Å². The fourth-order valence-electron chi connectivity index (χ4n) is 1.87. The predicted molar refractivity (Wildman–Crippen MR) is 59.4 cm³/mol. The normalized spacial score (nSPS) is 23.9. The third-order valence-electron chi connectivity index (χ3n) is 2.99. The molecular weight excluding hydrogens is 192 g/mol. The Morgan fingerprint density at radius 2 is 2.40 bits per heavy atom. The van der Waals surface area contributed by atoms with Crippen LogP contribution in [0.3, 0.4) is 0 Å². The molecule has 4 nitrogen and oxygen atoms in total. The van der Waals surface area contributed by atoms with Gasteiger partial charge in [-0.3, -0.25) is 4.79 Å². The quantitative estimate of drug-likeness (QED) is 0.746. The van der Waals surface area contributed by atoms with Crippen molar-refractivity contribution in [2.45, 2.75) is 32.3 Å². The molecule has 88 valence electrons. The number of carbonyl (C=O) groups is 1. The van der Waals surface area contributed by atoms with Crippen molar-refractivity contribution in [3.63, 3.8) is 0 Å². The topological polar surface area (TPSA) is 55.6 Å². The summed E-state index contributed by atoms with van der Waals surface area (Å²) >= 11 is 0. The smallest absolute Gasteiger partial charge is 0.222 e. The SMILES string of the molecule is COC1CCCN(C(=O)CC(C)CN)C1. The highest BCUT2D eigenvalue weighted by molar-refractivity contribution is 5.76. The van der Waals surface area contributed by atoms with E-state index in [4.69, 9.17) is 10.5 Å². The Labute approximate surface area is 91.8 Å². The molecule has 0 radical (unpaired) electrons. The molecule has 0 aliphatic carbocycles. The lowest BCUT2D eigenvalue weighted by Crippen LogP contribution is -2.43. The second-order valence-corrected chi connectivity index (χ2v) is 4.38. The monoisotopic (exact) mass is 214 g/mol. The zero-order valence-electron chi connectivity index (χ0n) is 9.74. The molecule has 0 aromatic heterocycles. The Bertz CT molecular complexity index is 209. The summed E-state index contributed by atoms with van der Waals surface area (Å²) in [5, 5.41) is 0. The second kappa shape index (κ2) is 6.08. The lowest BCUT2D eigenvalue weighted by atomic mass is 10.0. The lowest BCUT2D eigenvalue weighted by Gasteiger charge is -2.32. The summed E-state index contributed by atoms with van der Waals surface area (Å²) in [6.45, 7) is 4.20. The van der Waals surface area contributed by atoms with Crippen molar-refractivity contribution < 1.29 is 9.53 Å². The number of nitrogens with zero attached hydrogens (tertiary/aromatic N) is 1. The molecule has 1 fully saturated rings. The summed E-state index contributed by atoms with van der Waals surface area (Å²) in [6, 6.07) is 0. The number of ether oxygens (including phenoxy) is 1. The van der Waals surface area contributed by atoms with Crippen LogP contribution >= 0.6 is 0 Å². The van der Waals surface area contributed by atoms with Crippen LogP contribution in [0.15, 0.2) is 0 Å². The number of hydrogen-bond donors (Lipinski definition) is 1. The molecule has 0 aromatic carbocycles. The Morgan fingerprint density at radius 3 is 3.00 bits per heavy atom. The van der Waals surface area contributed by atoms with E-state index in [0.717, 1.165) is 25.9 Å². The van der Waals surface area contributed by atoms with Crippen LogP contribution in [-0.2, 0) is 9.53 Å². The zero-order chi connectivity index (χ0) is 11.3. The molecule has 2 atom stereocenters. The van der Waals surface area contributed by atoms with Crippen molar-refractivity contribution in [1.82, 2.24) is 4.90 Å². The number of hydrogen-bond acceptors (Lipinski definition) is 3. The Kier molecular flexibility index (Phi) is 5.05. The summed E-state index contributed by atoms with van der Waals surface area (Å²) in [4.78, 5) is 13.8. The van der Waals surface area contributed by atoms with Gasteiger partial charge in [-0.15, -0.1) is 0 Å². The van der Waals surface area contributed by atoms with E-state index in [1.54, 1.807) is 7.11 Å². The molecule has 1 rings (SSSR count). The predicted octanol–water partition coefficient (Wildman–Crippen LogP) is 0.609. The average Bonchev–Trinajstić information content (AvgIpc) is 2.28. The van der Waals surface area contributed by atoms with Gasteiger partial charge in [-0.1, -0.05) is 6.92 Å². The van der Waals surface area contributed by atoms with Crippen LogP contribution in [0, 0.1) is 5.92 Å². The molecule has 0 aromatic rings. The van der Waals surface area contributed by atoms with Crippen LogP contribution in [0.2, 0.25) is 0 Å². The number of rotatable bonds is 4. The molecular formula is C11H22N2O2. The summed E-state index contributed by atoms with van der Waals surface area (Å²) in [6.07, 6.45) is 2.89. The number of amides is 1. The van der Waals surface area contributed by atoms with E-state index in [0.29, 0.717) is 13.0 Å². The Morgan fingerprint density at radius 1 is 1.67 bits per heavy atom. The first-order chi connectivity index (χ1) is 7.17. The van der Waals surface area contributed by atoms with Crippen LogP contribution in [0.1, 0.15) is 26.2 Å². The van der Waals surface area contributed by atoms with Crippen molar-refractivity contribution in [2.75, 3.05) is 26.7 Å². The first-order valence-electron chi connectivity index (χ1n) is 5.68. The third-order valence-corrected chi connectivity index (χ3v) is 2.99. The molecule has 0 bridgehead atoms. The van der Waals surface area contributed by atoms with E-state index in [-0.39, 0.29) is 17.9 Å². The minimum atomic E-state index is 0.217. The van der Waals surface area contributed by atoms with E-state index in [1.165, 1.54) is 0 Å². The van der Waals surface area contributed by atoms with Gasteiger partial charge in [-0.2, -0.15) is 0 Å². The van der Waals surface area contributed by atoms with Gasteiger partial charge in [0, 0.05) is 26.6 Å². The molecule has 1 saturated heterocycles. The van der Waals surface area contributed by atoms with Gasteiger partial charge in [0.1, 0.15) is 0 Å². The van der Waals surface area contributed by atoms with Crippen LogP contribution in [0.25, 0.3) is 0 Å². The summed E-state index contributed by atoms with van der Waals surface area (Å²) in [7, 11) is 1.71. The second-order valence-electron chi connectivity index (χ2n) is 4.38. The number of likely N-dealkylation sites (tertiary alicyclic amines) is 1. The third kappa shape index (κ3) is 3.80. The summed E-state index contributed by atoms with van der Waals surface area (Å²) in [5.41, 5.74) is 5.51. The standard InChI is InChI=1S/C11H22N2O2/c1-9(7-12)6-11(14)13-5-3-4-10(8-13)15-2/h9-10H,3-8,12H2,1-2H3. The number of carbonyl (C=O) groups excluding carboxylic acids is 1. The largest absolute Gasteiger partial charge is 0.380 e. The molecule has 0 saturated carbocycles. The van der Waals surface area contributed by atoms with Gasteiger partial charge in [0.25, 0.3) is 0 Å². The molecule has 1 aliphatic rings. The minimum absolute atomic E-state index is 0.217. The van der Waals surface area contributed by atoms with Gasteiger partial charge in [0.2, 0.25) is 5.91 Å². The Hall–Kier alpha value is -0.610. The highest BCUT2D eigenvalue weighted by Crippen LogP contribution is 2.14. The molecule has 15 heavy (non-hydrogen) atoms. The zero-order valence-corrected chi connectivity index (χ0v) is 9.74. The first-order valence-corrected chi connectivity index (χ1v) is 5.68. The Balaban J connectivity index is 2.38. The van der Waals surface area contributed by atoms with Gasteiger partial charge in [0.15, 0.2) is 0 Å². The minimum Gasteiger partial charge on any atom is -0.380 e. The van der Waals surface area contributed by atoms with E-state index >= 15 is 0 Å². The van der Waals surface area contributed by atoms with Gasteiger partial charge >= 0.3 is 0 Å². The molecule has 2 unspecified atom stereocenters. The van der Waals surface area contributed by atoms with Crippen molar-refractivity contribution in [3.8, 4) is 0 Å². The molecule has 1 aliphatic heterocycles. The molecule has 1 amide bonds. The van der Waals surface area contributed by atoms with E-state index in [9.17, 15) is 4.79 Å². The van der Waals surface area contributed by atoms with Gasteiger partial charge in [-0.25, -0.2) is 0 Å². The van der Waals surface area contributed by atoms with Crippen LogP contribution in [0.4, 0.5) is 0 Å². The average molecular weight is 214 g/mol.